The van der Waals surface area contributed by atoms with E-state index in [0.29, 0.717) is 31.7 Å². The van der Waals surface area contributed by atoms with E-state index in [1.807, 2.05) is 0 Å². The largest absolute Gasteiger partial charge is 0.466 e. The Hall–Kier alpha value is -0.710. The standard InChI is InChI=1S/C15H27NO3S/c1-2-19-15(18)9-6-10-16-14(17)12-20-11-13-7-4-3-5-8-13/h13H,2-12H2,1H3,(H,16,17). The third-order valence-corrected chi connectivity index (χ3v) is 4.67. The zero-order valence-corrected chi connectivity index (χ0v) is 13.3. The molecule has 0 spiro atoms. The monoisotopic (exact) mass is 301 g/mol. The van der Waals surface area contributed by atoms with Crippen molar-refractivity contribution >= 4 is 23.6 Å². The number of carbonyl (C=O) groups excluding carboxylic acids is 2. The zero-order valence-electron chi connectivity index (χ0n) is 12.5. The lowest BCUT2D eigenvalue weighted by molar-refractivity contribution is -0.143. The summed E-state index contributed by atoms with van der Waals surface area (Å²) in [7, 11) is 0. The molecule has 0 radical (unpaired) electrons. The van der Waals surface area contributed by atoms with Gasteiger partial charge in [0.05, 0.1) is 12.4 Å². The first-order chi connectivity index (χ1) is 9.72. The predicted octanol–water partition coefficient (Wildman–Crippen LogP) is 2.76. The van der Waals surface area contributed by atoms with Crippen molar-refractivity contribution < 1.29 is 14.3 Å². The summed E-state index contributed by atoms with van der Waals surface area (Å²) in [6.07, 6.45) is 7.77. The second kappa shape index (κ2) is 11.0. The van der Waals surface area contributed by atoms with Crippen molar-refractivity contribution in [3.63, 3.8) is 0 Å². The van der Waals surface area contributed by atoms with Crippen molar-refractivity contribution in [2.24, 2.45) is 5.92 Å². The number of rotatable bonds is 9. The summed E-state index contributed by atoms with van der Waals surface area (Å²) in [5, 5.41) is 2.85. The maximum absolute atomic E-state index is 11.6. The van der Waals surface area contributed by atoms with Crippen LogP contribution in [0.1, 0.15) is 51.9 Å². The maximum atomic E-state index is 11.6. The van der Waals surface area contributed by atoms with E-state index in [2.05, 4.69) is 5.32 Å². The van der Waals surface area contributed by atoms with Crippen LogP contribution >= 0.6 is 11.8 Å². The molecule has 0 heterocycles. The summed E-state index contributed by atoms with van der Waals surface area (Å²) in [4.78, 5) is 22.7. The van der Waals surface area contributed by atoms with Gasteiger partial charge in [0.15, 0.2) is 0 Å². The highest BCUT2D eigenvalue weighted by Crippen LogP contribution is 2.26. The zero-order chi connectivity index (χ0) is 14.6. The molecular weight excluding hydrogens is 274 g/mol. The average Bonchev–Trinajstić information content (AvgIpc) is 2.45. The van der Waals surface area contributed by atoms with Crippen molar-refractivity contribution in [3.05, 3.63) is 0 Å². The Kier molecular flexibility index (Phi) is 9.54. The summed E-state index contributed by atoms with van der Waals surface area (Å²) < 4.78 is 4.83. The Morgan fingerprint density at radius 2 is 2.00 bits per heavy atom. The fourth-order valence-corrected chi connectivity index (χ4v) is 3.49. The molecule has 0 saturated heterocycles. The molecule has 0 atom stereocenters. The Balaban J connectivity index is 1.93. The van der Waals surface area contributed by atoms with E-state index < -0.39 is 0 Å². The number of amides is 1. The van der Waals surface area contributed by atoms with Crippen LogP contribution in [0.25, 0.3) is 0 Å². The number of ether oxygens (including phenoxy) is 1. The topological polar surface area (TPSA) is 55.4 Å². The van der Waals surface area contributed by atoms with Crippen LogP contribution < -0.4 is 5.32 Å². The third kappa shape index (κ3) is 8.46. The molecule has 116 valence electrons. The van der Waals surface area contributed by atoms with E-state index in [0.717, 1.165) is 11.7 Å². The number of hydrogen-bond acceptors (Lipinski definition) is 4. The van der Waals surface area contributed by atoms with Gasteiger partial charge in [-0.1, -0.05) is 19.3 Å². The van der Waals surface area contributed by atoms with Gasteiger partial charge in [0.1, 0.15) is 0 Å². The molecule has 0 aromatic carbocycles. The molecule has 5 heteroatoms. The quantitative estimate of drug-likeness (QED) is 0.525. The summed E-state index contributed by atoms with van der Waals surface area (Å²) >= 11 is 1.74. The van der Waals surface area contributed by atoms with E-state index >= 15 is 0 Å². The van der Waals surface area contributed by atoms with Crippen LogP contribution in [-0.4, -0.2) is 36.5 Å². The van der Waals surface area contributed by atoms with Gasteiger partial charge < -0.3 is 10.1 Å². The molecule has 1 amide bonds. The number of esters is 1. The number of hydrogen-bond donors (Lipinski definition) is 1. The van der Waals surface area contributed by atoms with Crippen LogP contribution in [0.15, 0.2) is 0 Å². The lowest BCUT2D eigenvalue weighted by atomic mass is 9.91. The van der Waals surface area contributed by atoms with Crippen LogP contribution in [0.2, 0.25) is 0 Å². The summed E-state index contributed by atoms with van der Waals surface area (Å²) in [6.45, 7) is 2.77. The van der Waals surface area contributed by atoms with Gasteiger partial charge in [0.25, 0.3) is 0 Å². The van der Waals surface area contributed by atoms with E-state index in [-0.39, 0.29) is 11.9 Å². The molecule has 0 aliphatic heterocycles. The average molecular weight is 301 g/mol. The van der Waals surface area contributed by atoms with Crippen LogP contribution in [-0.2, 0) is 14.3 Å². The number of nitrogens with one attached hydrogen (secondary N) is 1. The van der Waals surface area contributed by atoms with Gasteiger partial charge in [-0.05, 0) is 37.9 Å². The minimum atomic E-state index is -0.187. The minimum Gasteiger partial charge on any atom is -0.466 e. The first-order valence-corrected chi connectivity index (χ1v) is 8.88. The molecule has 20 heavy (non-hydrogen) atoms. The molecule has 1 fully saturated rings. The maximum Gasteiger partial charge on any atom is 0.305 e. The smallest absolute Gasteiger partial charge is 0.305 e. The Bertz CT molecular complexity index is 291. The van der Waals surface area contributed by atoms with Gasteiger partial charge in [-0.25, -0.2) is 0 Å². The third-order valence-electron chi connectivity index (χ3n) is 3.50. The van der Waals surface area contributed by atoms with Crippen molar-refractivity contribution in [2.45, 2.75) is 51.9 Å². The van der Waals surface area contributed by atoms with Crippen molar-refractivity contribution in [1.82, 2.24) is 5.32 Å². The number of carbonyl (C=O) groups is 2. The highest BCUT2D eigenvalue weighted by Gasteiger charge is 2.13. The Labute approximate surface area is 126 Å². The lowest BCUT2D eigenvalue weighted by Gasteiger charge is -2.20. The molecule has 0 aromatic heterocycles. The van der Waals surface area contributed by atoms with Crippen molar-refractivity contribution in [2.75, 3.05) is 24.7 Å². The molecule has 0 bridgehead atoms. The molecule has 1 saturated carbocycles. The van der Waals surface area contributed by atoms with Gasteiger partial charge in [0, 0.05) is 13.0 Å². The second-order valence-corrected chi connectivity index (χ2v) is 6.31. The molecule has 1 aliphatic carbocycles. The van der Waals surface area contributed by atoms with E-state index in [4.69, 9.17) is 4.74 Å². The molecule has 1 N–H and O–H groups in total. The molecule has 1 rings (SSSR count). The van der Waals surface area contributed by atoms with E-state index in [9.17, 15) is 9.59 Å². The van der Waals surface area contributed by atoms with Gasteiger partial charge in [-0.2, -0.15) is 11.8 Å². The van der Waals surface area contributed by atoms with E-state index in [1.165, 1.54) is 32.1 Å². The van der Waals surface area contributed by atoms with Crippen LogP contribution in [0.3, 0.4) is 0 Å². The normalized spacial score (nSPS) is 15.8. The first kappa shape index (κ1) is 17.3. The molecule has 4 nitrogen and oxygen atoms in total. The van der Waals surface area contributed by atoms with Crippen molar-refractivity contribution in [3.8, 4) is 0 Å². The molecule has 1 aliphatic rings. The molecular formula is C15H27NO3S. The van der Waals surface area contributed by atoms with Gasteiger partial charge >= 0.3 is 5.97 Å². The Morgan fingerprint density at radius 3 is 2.70 bits per heavy atom. The first-order valence-electron chi connectivity index (χ1n) is 7.72. The van der Waals surface area contributed by atoms with Crippen LogP contribution in [0.5, 0.6) is 0 Å². The highest BCUT2D eigenvalue weighted by atomic mass is 32.2. The second-order valence-electron chi connectivity index (χ2n) is 5.28. The fourth-order valence-electron chi connectivity index (χ4n) is 2.42. The number of thioether (sulfide) groups is 1. The van der Waals surface area contributed by atoms with E-state index in [1.54, 1.807) is 18.7 Å². The van der Waals surface area contributed by atoms with Gasteiger partial charge in [-0.15, -0.1) is 0 Å². The highest BCUT2D eigenvalue weighted by molar-refractivity contribution is 7.99. The van der Waals surface area contributed by atoms with Crippen molar-refractivity contribution in [1.29, 1.82) is 0 Å². The summed E-state index contributed by atoms with van der Waals surface area (Å²) in [6, 6.07) is 0. The van der Waals surface area contributed by atoms with Crippen LogP contribution in [0, 0.1) is 5.92 Å². The minimum absolute atomic E-state index is 0.0784. The SMILES string of the molecule is CCOC(=O)CCCNC(=O)CSCC1CCCCC1. The molecule has 0 unspecified atom stereocenters. The Morgan fingerprint density at radius 1 is 1.25 bits per heavy atom. The summed E-state index contributed by atoms with van der Waals surface area (Å²) in [5.41, 5.74) is 0. The van der Waals surface area contributed by atoms with Crippen LogP contribution in [0.4, 0.5) is 0 Å². The summed E-state index contributed by atoms with van der Waals surface area (Å²) in [5.74, 6) is 2.35. The molecule has 0 aromatic rings. The lowest BCUT2D eigenvalue weighted by Crippen LogP contribution is -2.27. The van der Waals surface area contributed by atoms with Gasteiger partial charge in [-0.3, -0.25) is 9.59 Å². The predicted molar refractivity (Wildman–Crippen MR) is 82.8 cm³/mol. The fraction of sp³-hybridized carbons (Fsp3) is 0.867. The van der Waals surface area contributed by atoms with Gasteiger partial charge in [0.2, 0.25) is 5.91 Å².